The van der Waals surface area contributed by atoms with E-state index in [1.165, 1.54) is 6.08 Å². The summed E-state index contributed by atoms with van der Waals surface area (Å²) in [6.45, 7) is 9.81. The molecule has 3 saturated carbocycles. The quantitative estimate of drug-likeness (QED) is 0.0644. The Morgan fingerprint density at radius 2 is 1.44 bits per heavy atom. The van der Waals surface area contributed by atoms with Crippen LogP contribution in [0.2, 0.25) is 0 Å². The number of aliphatic hydroxyl groups is 2. The van der Waals surface area contributed by atoms with Crippen LogP contribution in [-0.2, 0) is 53.3 Å². The molecule has 0 saturated heterocycles. The number of hydrogen-bond acceptors (Lipinski definition) is 16. The molecule has 1 heterocycles. The van der Waals surface area contributed by atoms with Crippen molar-refractivity contribution in [2.45, 2.75) is 110 Å². The van der Waals surface area contributed by atoms with Crippen molar-refractivity contribution in [1.29, 1.82) is 0 Å². The number of fused-ring (bicyclic) bond motifs is 5. The number of hydrogen-bond donors (Lipinski definition) is 2. The third kappa shape index (κ3) is 9.84. The molecular weight excluding hydrogens is 781 g/mol. The van der Waals surface area contributed by atoms with Crippen LogP contribution in [0.5, 0.6) is 0 Å². The zero-order valence-electron chi connectivity index (χ0n) is 30.7. The minimum Gasteiger partial charge on any atom is -0.726 e. The van der Waals surface area contributed by atoms with Gasteiger partial charge < -0.3 is 28.6 Å². The van der Waals surface area contributed by atoms with Crippen molar-refractivity contribution >= 4 is 37.2 Å². The van der Waals surface area contributed by atoms with Gasteiger partial charge in [-0.2, -0.15) is 0 Å². The molecule has 5 rings (SSSR count). The molecule has 16 nitrogen and oxygen atoms in total. The van der Waals surface area contributed by atoms with Crippen molar-refractivity contribution in [2.75, 3.05) is 0 Å². The number of esters is 1. The molecule has 2 unspecified atom stereocenters. The summed E-state index contributed by atoms with van der Waals surface area (Å²) in [5.74, 6) is -2.23. The predicted octanol–water partition coefficient (Wildman–Crippen LogP) is -7.45. The number of cyclic esters (lactones) is 1. The van der Waals surface area contributed by atoms with E-state index in [-0.39, 0.29) is 118 Å². The van der Waals surface area contributed by atoms with E-state index in [1.54, 1.807) is 6.92 Å². The van der Waals surface area contributed by atoms with E-state index in [0.717, 1.165) is 12.8 Å². The first-order valence-electron chi connectivity index (χ1n) is 16.2. The second-order valence-electron chi connectivity index (χ2n) is 15.2. The molecule has 0 spiro atoms. The normalized spacial score (nSPS) is 39.8. The van der Waals surface area contributed by atoms with Gasteiger partial charge in [0, 0.05) is 11.5 Å². The van der Waals surface area contributed by atoms with Crippen LogP contribution < -0.4 is 88.7 Å². The molecule has 5 aliphatic rings. The summed E-state index contributed by atoms with van der Waals surface area (Å²) >= 11 is 0. The molecule has 0 bridgehead atoms. The van der Waals surface area contributed by atoms with Gasteiger partial charge in [-0.1, -0.05) is 46.3 Å². The molecule has 0 aromatic heterocycles. The van der Waals surface area contributed by atoms with Crippen LogP contribution in [0.3, 0.4) is 0 Å². The largest absolute Gasteiger partial charge is 1.00 e. The first-order chi connectivity index (χ1) is 22.3. The number of allylic oxidation sites excluding steroid dienone is 2. The maximum absolute atomic E-state index is 12.1. The van der Waals surface area contributed by atoms with E-state index >= 15 is 0 Å². The average molecular weight is 825 g/mol. The van der Waals surface area contributed by atoms with Gasteiger partial charge in [0.1, 0.15) is 12.2 Å². The van der Waals surface area contributed by atoms with E-state index < -0.39 is 97.0 Å². The minimum absolute atomic E-state index is 0. The molecule has 0 radical (unpaired) electrons. The van der Waals surface area contributed by atoms with Gasteiger partial charge in [0.2, 0.25) is 37.5 Å². The third-order valence-corrected chi connectivity index (χ3v) is 14.1. The first kappa shape index (κ1) is 49.6. The second-order valence-corrected chi connectivity index (χ2v) is 18.2. The summed E-state index contributed by atoms with van der Waals surface area (Å²) in [5, 5.41) is 21.2. The van der Waals surface area contributed by atoms with Gasteiger partial charge in [0.05, 0.1) is 12.2 Å². The van der Waals surface area contributed by atoms with Crippen molar-refractivity contribution < 1.29 is 160 Å². The molecule has 13 atom stereocenters. The minimum atomic E-state index is -5.60. The Hall–Kier alpha value is 1.48. The topological polar surface area (TPSA) is 266 Å². The zero-order valence-corrected chi connectivity index (χ0v) is 39.2. The summed E-state index contributed by atoms with van der Waals surface area (Å²) < 4.78 is 125. The molecule has 2 N–H and O–H groups in total. The maximum Gasteiger partial charge on any atom is 1.00 e. The standard InChI is InChI=1S/C30H46O16S3.3Na/c1-15(17-12-23(31)43-27(17)33)6-7-16(2)18-8-10-30(5)20-13-21(44-47(34,35)36)24-25(32)26(46-49(40,41)42)22(45-48(37,38)39)14-28(24,3)19(20)9-11-29(18,30)4;;;/h9,12,15-16,18,20-26,31-32H,6-8,10-11,13-14H2,1-5H3,(H,34,35,36)(H,37,38,39)(H,40,41,42);;;/q;3*+1/p-3/t15?,16-,18-,20-,21+,22+,23?,24+,25-,26-,28-,29-,30+;;;/m1.../s1. The summed E-state index contributed by atoms with van der Waals surface area (Å²) in [6, 6.07) is 0. The van der Waals surface area contributed by atoms with E-state index in [9.17, 15) is 53.9 Å². The Kier molecular flexibility index (Phi) is 16.6. The SMILES string of the molecule is CC(CC[C@@H](C)[C@H]1CC[C@@]2(C)[C@@H]3C[C@H](OS(=O)(=O)[O-])[C@H]4[C@@H](O)[C@H](OS(=O)(=O)[O-])[C@@H](OS(=O)(=O)[O-])C[C@]4(C)C3=CC[C@]12C)C1=CC(O)OC1=O.[Na+].[Na+].[Na+]. The fourth-order valence-corrected chi connectivity index (χ4v) is 11.9. The molecule has 280 valence electrons. The maximum atomic E-state index is 12.1. The number of ether oxygens (including phenoxy) is 1. The van der Waals surface area contributed by atoms with Gasteiger partial charge in [0.25, 0.3) is 0 Å². The Bertz CT molecular complexity index is 1740. The van der Waals surface area contributed by atoms with Gasteiger partial charge >= 0.3 is 94.6 Å². The van der Waals surface area contributed by atoms with Crippen LogP contribution in [0, 0.1) is 45.8 Å². The smallest absolute Gasteiger partial charge is 0.726 e. The fraction of sp³-hybridized carbons (Fsp3) is 0.833. The molecule has 0 aromatic carbocycles. The van der Waals surface area contributed by atoms with Crippen LogP contribution in [0.1, 0.15) is 79.6 Å². The van der Waals surface area contributed by atoms with Crippen LogP contribution in [0.15, 0.2) is 23.3 Å². The zero-order chi connectivity index (χ0) is 36.7. The molecule has 0 aromatic rings. The Labute approximate surface area is 372 Å². The molecule has 1 aliphatic heterocycles. The summed E-state index contributed by atoms with van der Waals surface area (Å²) in [5.41, 5.74) is -1.20. The average Bonchev–Trinajstić information content (AvgIpc) is 3.41. The van der Waals surface area contributed by atoms with Crippen molar-refractivity contribution in [3.05, 3.63) is 23.3 Å². The van der Waals surface area contributed by atoms with E-state index in [1.807, 2.05) is 13.0 Å². The summed E-state index contributed by atoms with van der Waals surface area (Å²) in [4.78, 5) is 12.1. The van der Waals surface area contributed by atoms with Crippen LogP contribution >= 0.6 is 0 Å². The van der Waals surface area contributed by atoms with Crippen LogP contribution in [0.4, 0.5) is 0 Å². The van der Waals surface area contributed by atoms with Crippen molar-refractivity contribution in [1.82, 2.24) is 0 Å². The van der Waals surface area contributed by atoms with Crippen molar-refractivity contribution in [2.24, 2.45) is 45.8 Å². The summed E-state index contributed by atoms with van der Waals surface area (Å²) in [7, 11) is -16.5. The van der Waals surface area contributed by atoms with Gasteiger partial charge in [-0.05, 0) is 90.9 Å². The molecule has 3 fully saturated rings. The fourth-order valence-electron chi connectivity index (χ4n) is 10.4. The first-order valence-corrected chi connectivity index (χ1v) is 20.2. The van der Waals surface area contributed by atoms with Gasteiger partial charge in [-0.25, -0.2) is 30.0 Å². The number of carbonyl (C=O) groups excluding carboxylic acids is 1. The number of rotatable bonds is 11. The van der Waals surface area contributed by atoms with E-state index in [0.29, 0.717) is 30.4 Å². The van der Waals surface area contributed by atoms with Crippen LogP contribution in [0.25, 0.3) is 0 Å². The van der Waals surface area contributed by atoms with E-state index in [4.69, 9.17) is 8.92 Å². The monoisotopic (exact) mass is 824 g/mol. The Balaban J connectivity index is 0.00000312. The van der Waals surface area contributed by atoms with Crippen LogP contribution in [-0.4, -0.2) is 85.8 Å². The van der Waals surface area contributed by atoms with Gasteiger partial charge in [-0.3, -0.25) is 12.5 Å². The molecular formula is C30H43Na3O16S3. The van der Waals surface area contributed by atoms with Gasteiger partial charge in [0.15, 0.2) is 0 Å². The van der Waals surface area contributed by atoms with Crippen molar-refractivity contribution in [3.8, 4) is 0 Å². The van der Waals surface area contributed by atoms with E-state index in [2.05, 4.69) is 29.1 Å². The van der Waals surface area contributed by atoms with Gasteiger partial charge in [-0.15, -0.1) is 0 Å². The molecule has 4 aliphatic carbocycles. The Morgan fingerprint density at radius 1 is 0.885 bits per heavy atom. The van der Waals surface area contributed by atoms with Crippen molar-refractivity contribution in [3.63, 3.8) is 0 Å². The number of aliphatic hydroxyl groups excluding tert-OH is 2. The third-order valence-electron chi connectivity index (χ3n) is 12.7. The Morgan fingerprint density at radius 3 is 1.96 bits per heavy atom. The summed E-state index contributed by atoms with van der Waals surface area (Å²) in [6.07, 6.45) is -2.92. The predicted molar refractivity (Wildman–Crippen MR) is 163 cm³/mol. The molecule has 0 amide bonds. The molecule has 22 heteroatoms. The molecule has 52 heavy (non-hydrogen) atoms. The second kappa shape index (κ2) is 17.4. The number of carbonyl (C=O) groups is 1.